The number of nitrogen functional groups attached to an aromatic ring is 1. The summed E-state index contributed by atoms with van der Waals surface area (Å²) in [5.74, 6) is -0.179. The fourth-order valence-corrected chi connectivity index (χ4v) is 14.5. The third kappa shape index (κ3) is 16.2. The first-order chi connectivity index (χ1) is 39.4. The first-order valence-corrected chi connectivity index (χ1v) is 34.8. The standard InChI is InChI=1S/C24H29F2N7O3S.C15H30BrN5O3SSi.C15H14F2N2O/c1-32(2)17-9-12-33(13-10-17)37(34,35)24-29-23(30-31-24)28-21-18-5-3-4-15(18)6-7-19(21)16-8-11-27-20(14-16)36-22(25)26;1-19(2)13-6-8-20(9-7-13)25(22,23)15-17-14(16)18-21(15)12-24-10-11-26(3,4)5;16-15(17)20-13-8-10(6-7-19-13)12-5-4-9-2-1-3-11(9)14(12)18/h6-8,11,14,17,22H,3-5,9-10,12-13H2,1-2H3,(H2,28,29,30,31);13H,6-12H2,1-5H3;4-8,15H,1-3,18H2. The molecule has 83 heavy (non-hydrogen) atoms. The normalized spacial score (nSPS) is 16.4. The van der Waals surface area contributed by atoms with Crippen LogP contribution in [0.4, 0.5) is 34.9 Å². The average Bonchev–Trinajstić information content (AvgIpc) is 4.52. The lowest BCUT2D eigenvalue weighted by atomic mass is 9.98. The fourth-order valence-electron chi connectivity index (χ4n) is 10.5. The van der Waals surface area contributed by atoms with Gasteiger partial charge in [-0.25, -0.2) is 36.6 Å². The predicted octanol–water partition coefficient (Wildman–Crippen LogP) is 8.90. The van der Waals surface area contributed by atoms with Gasteiger partial charge in [0.1, 0.15) is 6.73 Å². The Hall–Kier alpha value is -5.66. The molecule has 0 spiro atoms. The molecule has 0 amide bonds. The highest BCUT2D eigenvalue weighted by Crippen LogP contribution is 2.40. The summed E-state index contributed by atoms with van der Waals surface area (Å²) in [6.07, 6.45) is 11.8. The van der Waals surface area contributed by atoms with Crippen LogP contribution in [0.3, 0.4) is 0 Å². The summed E-state index contributed by atoms with van der Waals surface area (Å²) in [5.41, 5.74) is 15.3. The van der Waals surface area contributed by atoms with Gasteiger partial charge in [-0.2, -0.15) is 36.1 Å². The van der Waals surface area contributed by atoms with Gasteiger partial charge in [0.15, 0.2) is 0 Å². The van der Waals surface area contributed by atoms with E-state index in [4.69, 9.17) is 10.5 Å². The smallest absolute Gasteiger partial charge is 0.388 e. The topological polar surface area (TPSA) is 245 Å². The maximum absolute atomic E-state index is 13.2. The summed E-state index contributed by atoms with van der Waals surface area (Å²) in [4.78, 5) is 20.2. The average molecular weight is 1280 g/mol. The van der Waals surface area contributed by atoms with Gasteiger partial charge in [0.05, 0.1) is 5.69 Å². The predicted molar refractivity (Wildman–Crippen MR) is 314 cm³/mol. The van der Waals surface area contributed by atoms with Crippen LogP contribution in [0.1, 0.15) is 60.8 Å². The van der Waals surface area contributed by atoms with Crippen molar-refractivity contribution in [3.63, 3.8) is 0 Å². The van der Waals surface area contributed by atoms with E-state index in [9.17, 15) is 34.4 Å². The highest BCUT2D eigenvalue weighted by atomic mass is 79.9. The second kappa shape index (κ2) is 27.6. The van der Waals surface area contributed by atoms with Crippen LogP contribution in [0.5, 0.6) is 11.8 Å². The number of nitrogens with zero attached hydrogens (tertiary/aromatic N) is 11. The van der Waals surface area contributed by atoms with Gasteiger partial charge < -0.3 is 35.1 Å². The third-order valence-corrected chi connectivity index (χ3v) is 20.7. The van der Waals surface area contributed by atoms with Crippen molar-refractivity contribution >= 4 is 61.4 Å². The zero-order chi connectivity index (χ0) is 59.8. The van der Waals surface area contributed by atoms with E-state index in [1.54, 1.807) is 12.1 Å². The summed E-state index contributed by atoms with van der Waals surface area (Å²) < 4.78 is 121. The molecular formula is C54H73BrF4N14O7S2Si. The Morgan fingerprint density at radius 2 is 1.25 bits per heavy atom. The zero-order valence-corrected chi connectivity index (χ0v) is 51.9. The number of aromatic nitrogens is 8. The van der Waals surface area contributed by atoms with Crippen LogP contribution < -0.4 is 20.5 Å². The molecule has 21 nitrogen and oxygen atoms in total. The molecule has 6 heterocycles. The van der Waals surface area contributed by atoms with Crippen molar-refractivity contribution < 1.29 is 48.6 Å². The number of hydrogen-bond acceptors (Lipinski definition) is 17. The number of halogens is 5. The van der Waals surface area contributed by atoms with Crippen molar-refractivity contribution in [1.29, 1.82) is 0 Å². The first-order valence-electron chi connectivity index (χ1n) is 27.5. The Bertz CT molecular complexity index is 3400. The number of aryl methyl sites for hydroxylation is 2. The van der Waals surface area contributed by atoms with E-state index >= 15 is 0 Å². The van der Waals surface area contributed by atoms with Crippen LogP contribution in [0, 0.1) is 0 Å². The number of fused-ring (bicyclic) bond motifs is 2. The van der Waals surface area contributed by atoms with Crippen LogP contribution in [0.25, 0.3) is 22.3 Å². The number of nitrogens with two attached hydrogens (primary N) is 1. The van der Waals surface area contributed by atoms with Crippen molar-refractivity contribution in [3.05, 3.63) is 87.9 Å². The minimum atomic E-state index is -3.82. The van der Waals surface area contributed by atoms with Crippen LogP contribution in [0.2, 0.25) is 25.7 Å². The molecule has 6 aromatic rings. The van der Waals surface area contributed by atoms with Crippen molar-refractivity contribution in [2.45, 2.75) is 132 Å². The van der Waals surface area contributed by atoms with Gasteiger partial charge in [-0.15, -0.1) is 10.2 Å². The summed E-state index contributed by atoms with van der Waals surface area (Å²) in [6, 6.07) is 16.0. The Balaban J connectivity index is 0.000000171. The molecular weight excluding hydrogens is 1200 g/mol. The summed E-state index contributed by atoms with van der Waals surface area (Å²) in [5, 5.41) is 13.8. The second-order valence-electron chi connectivity index (χ2n) is 22.3. The lowest BCUT2D eigenvalue weighted by Crippen LogP contribution is -2.45. The molecule has 0 radical (unpaired) electrons. The first kappa shape index (κ1) is 63.4. The van der Waals surface area contributed by atoms with Gasteiger partial charge in [-0.1, -0.05) is 43.9 Å². The van der Waals surface area contributed by atoms with Crippen LogP contribution in [0.15, 0.2) is 76.0 Å². The van der Waals surface area contributed by atoms with Crippen LogP contribution in [-0.2, 0) is 57.2 Å². The number of piperidine rings is 2. The van der Waals surface area contributed by atoms with E-state index in [0.29, 0.717) is 56.1 Å². The van der Waals surface area contributed by atoms with Gasteiger partial charge >= 0.3 is 13.2 Å². The number of alkyl halides is 4. The lowest BCUT2D eigenvalue weighted by Gasteiger charge is -2.34. The molecule has 2 aliphatic carbocycles. The second-order valence-corrected chi connectivity index (χ2v) is 32.3. The molecule has 2 aliphatic heterocycles. The summed E-state index contributed by atoms with van der Waals surface area (Å²) in [6.45, 7) is 3.45. The van der Waals surface area contributed by atoms with Gasteiger partial charge in [0.2, 0.25) is 22.4 Å². The number of aromatic amines is 1. The molecule has 0 unspecified atom stereocenters. The van der Waals surface area contributed by atoms with E-state index in [2.05, 4.69) is 101 Å². The summed E-state index contributed by atoms with van der Waals surface area (Å²) >= 11 is 3.19. The molecule has 4 N–H and O–H groups in total. The van der Waals surface area contributed by atoms with E-state index in [1.165, 1.54) is 48.9 Å². The molecule has 2 saturated heterocycles. The Kier molecular flexibility index (Phi) is 21.1. The quantitative estimate of drug-likeness (QED) is 0.0296. The largest absolute Gasteiger partial charge is 0.417 e. The number of anilines is 3. The SMILES string of the molecule is CN(C)C1CCN(S(=O)(=O)c2nc(Br)nn2COCC[Si](C)(C)C)CC1.CN(C)C1CCN(S(=O)(=O)c2nc(Nc3c(-c4ccnc(OC(F)F)c4)ccc4c3CCC4)n[nH]2)CC1.Nc1c(-c2ccnc(OC(F)F)c2)ccc2c1CCC2. The molecule has 29 heteroatoms. The molecule has 4 aromatic heterocycles. The maximum atomic E-state index is 13.2. The number of nitrogens with one attached hydrogen (secondary N) is 2. The molecule has 0 bridgehead atoms. The number of sulfonamides is 2. The van der Waals surface area contributed by atoms with Crippen molar-refractivity contribution in [2.24, 2.45) is 0 Å². The monoisotopic (exact) mass is 1280 g/mol. The molecule has 452 valence electrons. The number of benzene rings is 2. The minimum Gasteiger partial charge on any atom is -0.417 e. The van der Waals surface area contributed by atoms with E-state index in [-0.39, 0.29) is 39.5 Å². The zero-order valence-electron chi connectivity index (χ0n) is 47.7. The van der Waals surface area contributed by atoms with E-state index < -0.39 is 41.3 Å². The van der Waals surface area contributed by atoms with Crippen molar-refractivity contribution in [2.75, 3.05) is 72.0 Å². The number of hydrogen-bond donors (Lipinski definition) is 3. The maximum Gasteiger partial charge on any atom is 0.388 e. The van der Waals surface area contributed by atoms with Gasteiger partial charge in [-0.05, 0) is 160 Å². The molecule has 10 rings (SSSR count). The number of H-pyrrole nitrogens is 1. The summed E-state index contributed by atoms with van der Waals surface area (Å²) in [7, 11) is -0.651. The molecule has 2 aromatic carbocycles. The third-order valence-electron chi connectivity index (χ3n) is 15.1. The number of ether oxygens (including phenoxy) is 3. The Morgan fingerprint density at radius 3 is 1.80 bits per heavy atom. The van der Waals surface area contributed by atoms with Gasteiger partial charge in [-0.3, -0.25) is 0 Å². The van der Waals surface area contributed by atoms with Gasteiger partial charge in [0, 0.05) is 94.3 Å². The Morgan fingerprint density at radius 1 is 0.735 bits per heavy atom. The lowest BCUT2D eigenvalue weighted by molar-refractivity contribution is -0.0535. The molecule has 4 aliphatic rings. The number of rotatable bonds is 19. The highest BCUT2D eigenvalue weighted by molar-refractivity contribution is 9.10. The van der Waals surface area contributed by atoms with Crippen LogP contribution in [-0.4, -0.2) is 170 Å². The van der Waals surface area contributed by atoms with Gasteiger partial charge in [0.25, 0.3) is 30.4 Å². The van der Waals surface area contributed by atoms with Crippen molar-refractivity contribution in [3.8, 4) is 34.0 Å². The molecule has 0 saturated carbocycles. The molecule has 0 atom stereocenters. The van der Waals surface area contributed by atoms with E-state index in [1.807, 2.05) is 46.4 Å². The van der Waals surface area contributed by atoms with E-state index in [0.717, 1.165) is 104 Å². The van der Waals surface area contributed by atoms with Crippen molar-refractivity contribution in [1.82, 2.24) is 58.3 Å². The van der Waals surface area contributed by atoms with Crippen LogP contribution >= 0.6 is 15.9 Å². The molecule has 2 fully saturated rings. The highest BCUT2D eigenvalue weighted by Gasteiger charge is 2.36. The fraction of sp³-hybridized carbons (Fsp3) is 0.519. The minimum absolute atomic E-state index is 0.0549. The number of pyridine rings is 2. The Labute approximate surface area is 492 Å².